The molecule has 0 atom stereocenters. The van der Waals surface area contributed by atoms with Gasteiger partial charge in [-0.25, -0.2) is 4.98 Å². The summed E-state index contributed by atoms with van der Waals surface area (Å²) in [5, 5.41) is 16.3. The van der Waals surface area contributed by atoms with E-state index in [2.05, 4.69) is 15.6 Å². The third-order valence-corrected chi connectivity index (χ3v) is 6.05. The molecule has 0 saturated heterocycles. The second-order valence-electron chi connectivity index (χ2n) is 7.58. The van der Waals surface area contributed by atoms with Crippen molar-refractivity contribution in [2.75, 3.05) is 5.73 Å². The minimum atomic E-state index is -0.238. The SMILES string of the molecule is Cc1ccc(O)cc1-c1cc(-c2ncc(C(=O)NC(C)C)s2)c2c(c1N)C(=O)NC2. The van der Waals surface area contributed by atoms with Gasteiger partial charge in [-0.15, -0.1) is 11.3 Å². The molecule has 2 heterocycles. The van der Waals surface area contributed by atoms with E-state index < -0.39 is 0 Å². The zero-order valence-corrected chi connectivity index (χ0v) is 17.7. The van der Waals surface area contributed by atoms with Crippen molar-refractivity contribution in [2.24, 2.45) is 0 Å². The maximum Gasteiger partial charge on any atom is 0.263 e. The molecule has 0 aliphatic carbocycles. The second kappa shape index (κ2) is 7.46. The van der Waals surface area contributed by atoms with E-state index in [-0.39, 0.29) is 23.6 Å². The van der Waals surface area contributed by atoms with Gasteiger partial charge in [-0.05, 0) is 55.7 Å². The van der Waals surface area contributed by atoms with Gasteiger partial charge in [0.2, 0.25) is 0 Å². The van der Waals surface area contributed by atoms with E-state index in [1.807, 2.05) is 26.8 Å². The summed E-state index contributed by atoms with van der Waals surface area (Å²) in [6, 6.07) is 6.95. The smallest absolute Gasteiger partial charge is 0.263 e. The van der Waals surface area contributed by atoms with Gasteiger partial charge in [-0.1, -0.05) is 6.07 Å². The number of phenols is 1. The second-order valence-corrected chi connectivity index (χ2v) is 8.61. The molecule has 1 aliphatic rings. The van der Waals surface area contributed by atoms with E-state index in [1.165, 1.54) is 11.3 Å². The Morgan fingerprint density at radius 1 is 1.27 bits per heavy atom. The molecule has 3 aromatic rings. The number of fused-ring (bicyclic) bond motifs is 1. The van der Waals surface area contributed by atoms with Crippen molar-refractivity contribution in [1.29, 1.82) is 0 Å². The number of nitrogens with zero attached hydrogens (tertiary/aromatic N) is 1. The number of aryl methyl sites for hydroxylation is 1. The van der Waals surface area contributed by atoms with E-state index in [9.17, 15) is 14.7 Å². The molecule has 0 fully saturated rings. The largest absolute Gasteiger partial charge is 0.508 e. The average molecular weight is 423 g/mol. The lowest BCUT2D eigenvalue weighted by molar-refractivity contribution is 0.0944. The van der Waals surface area contributed by atoms with Crippen molar-refractivity contribution < 1.29 is 14.7 Å². The Hall–Kier alpha value is -3.39. The molecule has 0 unspecified atom stereocenters. The van der Waals surface area contributed by atoms with Crippen molar-refractivity contribution in [3.05, 3.63) is 52.0 Å². The molecule has 2 amide bonds. The Bertz CT molecular complexity index is 1180. The number of carbonyl (C=O) groups is 2. The van der Waals surface area contributed by atoms with Crippen molar-refractivity contribution in [2.45, 2.75) is 33.4 Å². The van der Waals surface area contributed by atoms with E-state index in [1.54, 1.807) is 24.4 Å². The summed E-state index contributed by atoms with van der Waals surface area (Å²) in [4.78, 5) is 29.8. The monoisotopic (exact) mass is 422 g/mol. The summed E-state index contributed by atoms with van der Waals surface area (Å²) in [5.41, 5.74) is 11.0. The van der Waals surface area contributed by atoms with Gasteiger partial charge in [-0.3, -0.25) is 9.59 Å². The van der Waals surface area contributed by atoms with E-state index >= 15 is 0 Å². The van der Waals surface area contributed by atoms with Crippen LogP contribution >= 0.6 is 11.3 Å². The summed E-state index contributed by atoms with van der Waals surface area (Å²) >= 11 is 1.27. The van der Waals surface area contributed by atoms with Crippen molar-refractivity contribution in [3.63, 3.8) is 0 Å². The molecule has 0 radical (unpaired) electrons. The molecular weight excluding hydrogens is 400 g/mol. The van der Waals surface area contributed by atoms with Crippen LogP contribution in [0.5, 0.6) is 5.75 Å². The van der Waals surface area contributed by atoms with Crippen LogP contribution in [0.3, 0.4) is 0 Å². The first kappa shape index (κ1) is 19.9. The lowest BCUT2D eigenvalue weighted by Gasteiger charge is -2.15. The van der Waals surface area contributed by atoms with Crippen LogP contribution in [-0.2, 0) is 6.54 Å². The maximum atomic E-state index is 12.5. The van der Waals surface area contributed by atoms with Crippen molar-refractivity contribution >= 4 is 28.8 Å². The van der Waals surface area contributed by atoms with Gasteiger partial charge in [0.25, 0.3) is 11.8 Å². The fraction of sp³-hybridized carbons (Fsp3) is 0.227. The summed E-state index contributed by atoms with van der Waals surface area (Å²) in [5.74, 6) is -0.305. The Kier molecular flexibility index (Phi) is 4.95. The predicted molar refractivity (Wildman–Crippen MR) is 118 cm³/mol. The Morgan fingerprint density at radius 3 is 2.77 bits per heavy atom. The topological polar surface area (TPSA) is 117 Å². The van der Waals surface area contributed by atoms with Crippen LogP contribution in [-0.4, -0.2) is 27.9 Å². The van der Waals surface area contributed by atoms with Crippen LogP contribution in [0.25, 0.3) is 21.7 Å². The molecule has 0 spiro atoms. The van der Waals surface area contributed by atoms with Gasteiger partial charge in [0.1, 0.15) is 15.6 Å². The molecule has 1 aliphatic heterocycles. The molecule has 0 saturated carbocycles. The van der Waals surface area contributed by atoms with E-state index in [4.69, 9.17) is 5.73 Å². The first-order valence-corrected chi connectivity index (χ1v) is 10.4. The fourth-order valence-electron chi connectivity index (χ4n) is 3.59. The van der Waals surface area contributed by atoms with Gasteiger partial charge >= 0.3 is 0 Å². The lowest BCUT2D eigenvalue weighted by atomic mass is 9.91. The van der Waals surface area contributed by atoms with Gasteiger partial charge in [-0.2, -0.15) is 0 Å². The van der Waals surface area contributed by atoms with Crippen LogP contribution in [0.4, 0.5) is 5.69 Å². The summed E-state index contributed by atoms with van der Waals surface area (Å²) < 4.78 is 0. The number of benzene rings is 2. The number of aromatic hydroxyl groups is 1. The number of hydrogen-bond acceptors (Lipinski definition) is 6. The van der Waals surface area contributed by atoms with Gasteiger partial charge in [0.05, 0.1) is 17.4 Å². The molecule has 7 nitrogen and oxygen atoms in total. The van der Waals surface area contributed by atoms with Crippen LogP contribution in [0, 0.1) is 6.92 Å². The first-order valence-electron chi connectivity index (χ1n) is 9.57. The highest BCUT2D eigenvalue weighted by atomic mass is 32.1. The fourth-order valence-corrected chi connectivity index (χ4v) is 4.45. The number of aromatic nitrogens is 1. The predicted octanol–water partition coefficient (Wildman–Crippen LogP) is 3.45. The number of hydrogen-bond donors (Lipinski definition) is 4. The highest BCUT2D eigenvalue weighted by Gasteiger charge is 2.29. The van der Waals surface area contributed by atoms with E-state index in [0.717, 1.165) is 22.3 Å². The van der Waals surface area contributed by atoms with Crippen LogP contribution in [0.1, 0.15) is 45.0 Å². The van der Waals surface area contributed by atoms with Gasteiger partial charge < -0.3 is 21.5 Å². The molecule has 30 heavy (non-hydrogen) atoms. The number of rotatable bonds is 4. The molecule has 1 aromatic heterocycles. The molecule has 2 aromatic carbocycles. The third kappa shape index (κ3) is 3.39. The molecule has 5 N–H and O–H groups in total. The number of nitrogens with two attached hydrogens (primary N) is 1. The third-order valence-electron chi connectivity index (χ3n) is 5.02. The molecule has 8 heteroatoms. The van der Waals surface area contributed by atoms with Crippen molar-refractivity contribution in [1.82, 2.24) is 15.6 Å². The highest BCUT2D eigenvalue weighted by Crippen LogP contribution is 2.42. The highest BCUT2D eigenvalue weighted by molar-refractivity contribution is 7.16. The standard InChI is InChI=1S/C22H22N4O3S/c1-10(2)26-20(28)17-9-25-22(30-17)15-7-14(13-6-12(27)5-4-11(13)3)19(23)18-16(15)8-24-21(18)29/h4-7,9-10,27H,8,23H2,1-3H3,(H,24,29)(H,26,28). The lowest BCUT2D eigenvalue weighted by Crippen LogP contribution is -2.29. The number of thiazole rings is 1. The Balaban J connectivity index is 1.90. The number of nitrogen functional groups attached to an aromatic ring is 1. The summed E-state index contributed by atoms with van der Waals surface area (Å²) in [6.07, 6.45) is 1.55. The Morgan fingerprint density at radius 2 is 2.03 bits per heavy atom. The molecule has 4 rings (SSSR count). The number of carbonyl (C=O) groups excluding carboxylic acids is 2. The van der Waals surface area contributed by atoms with Gasteiger partial charge in [0.15, 0.2) is 0 Å². The summed E-state index contributed by atoms with van der Waals surface area (Å²) in [6.45, 7) is 6.06. The number of anilines is 1. The molecule has 154 valence electrons. The minimum absolute atomic E-state index is 0.0194. The normalized spacial score (nSPS) is 12.7. The van der Waals surface area contributed by atoms with Crippen LogP contribution in [0.15, 0.2) is 30.5 Å². The number of phenolic OH excluding ortho intramolecular Hbond substituents is 1. The zero-order valence-electron chi connectivity index (χ0n) is 16.9. The van der Waals surface area contributed by atoms with Gasteiger partial charge in [0, 0.05) is 23.7 Å². The Labute approximate surface area is 178 Å². The number of nitrogens with one attached hydrogen (secondary N) is 2. The van der Waals surface area contributed by atoms with Crippen LogP contribution < -0.4 is 16.4 Å². The average Bonchev–Trinajstić information content (AvgIpc) is 3.32. The van der Waals surface area contributed by atoms with Crippen LogP contribution in [0.2, 0.25) is 0 Å². The molecule has 0 bridgehead atoms. The zero-order chi connectivity index (χ0) is 21.6. The van der Waals surface area contributed by atoms with E-state index in [0.29, 0.717) is 33.2 Å². The van der Waals surface area contributed by atoms with Crippen molar-refractivity contribution in [3.8, 4) is 27.4 Å². The minimum Gasteiger partial charge on any atom is -0.508 e. The quantitative estimate of drug-likeness (QED) is 0.481. The summed E-state index contributed by atoms with van der Waals surface area (Å²) in [7, 11) is 0. The number of amides is 2. The molecular formula is C22H22N4O3S. The first-order chi connectivity index (χ1) is 14.3. The maximum absolute atomic E-state index is 12.5.